The molecule has 0 bridgehead atoms. The lowest BCUT2D eigenvalue weighted by molar-refractivity contribution is 0.116. The van der Waals surface area contributed by atoms with Crippen molar-refractivity contribution in [3.63, 3.8) is 0 Å². The number of hydrogen-bond acceptors (Lipinski definition) is 4. The quantitative estimate of drug-likeness (QED) is 0.799. The predicted molar refractivity (Wildman–Crippen MR) is 82.7 cm³/mol. The molecule has 0 aromatic carbocycles. The first-order valence-corrected chi connectivity index (χ1v) is 8.43. The van der Waals surface area contributed by atoms with Crippen LogP contribution in [0.3, 0.4) is 0 Å². The van der Waals surface area contributed by atoms with Gasteiger partial charge in [-0.2, -0.15) is 0 Å². The van der Waals surface area contributed by atoms with Gasteiger partial charge in [0, 0.05) is 44.6 Å². The molecular weight excluding hydrogens is 254 g/mol. The van der Waals surface area contributed by atoms with Gasteiger partial charge in [0.2, 0.25) is 0 Å². The van der Waals surface area contributed by atoms with Crippen LogP contribution in [0, 0.1) is 5.92 Å². The third kappa shape index (κ3) is 4.86. The zero-order valence-electron chi connectivity index (χ0n) is 12.6. The minimum Gasteiger partial charge on any atom is -0.301 e. The molecule has 108 valence electrons. The zero-order valence-corrected chi connectivity index (χ0v) is 13.4. The lowest BCUT2D eigenvalue weighted by Crippen LogP contribution is -2.46. The van der Waals surface area contributed by atoms with Crippen LogP contribution in [-0.4, -0.2) is 47.5 Å². The van der Waals surface area contributed by atoms with Crippen LogP contribution in [0.4, 0.5) is 0 Å². The van der Waals surface area contributed by atoms with E-state index in [4.69, 9.17) is 4.98 Å². The molecule has 0 aliphatic carbocycles. The smallest absolute Gasteiger partial charge is 0.0928 e. The summed E-state index contributed by atoms with van der Waals surface area (Å²) >= 11 is 1.82. The Balaban J connectivity index is 1.75. The second kappa shape index (κ2) is 7.36. The third-order valence-corrected chi connectivity index (χ3v) is 4.49. The van der Waals surface area contributed by atoms with Crippen LogP contribution in [0.25, 0.3) is 0 Å². The van der Waals surface area contributed by atoms with E-state index in [9.17, 15) is 0 Å². The molecule has 0 radical (unpaired) electrons. The maximum atomic E-state index is 4.72. The van der Waals surface area contributed by atoms with E-state index in [1.54, 1.807) is 0 Å². The molecule has 1 aliphatic heterocycles. The van der Waals surface area contributed by atoms with Crippen molar-refractivity contribution < 1.29 is 0 Å². The number of hydrogen-bond donors (Lipinski definition) is 0. The van der Waals surface area contributed by atoms with Crippen LogP contribution in [0.2, 0.25) is 0 Å². The Labute approximate surface area is 121 Å². The molecule has 2 rings (SSSR count). The van der Waals surface area contributed by atoms with Gasteiger partial charge >= 0.3 is 0 Å². The first-order valence-electron chi connectivity index (χ1n) is 7.55. The van der Waals surface area contributed by atoms with Crippen LogP contribution in [-0.2, 0) is 13.0 Å². The Morgan fingerprint density at radius 1 is 1.21 bits per heavy atom. The third-order valence-electron chi connectivity index (χ3n) is 3.54. The van der Waals surface area contributed by atoms with E-state index in [1.807, 2.05) is 11.3 Å². The number of aryl methyl sites for hydroxylation is 1. The predicted octanol–water partition coefficient (Wildman–Crippen LogP) is 2.87. The van der Waals surface area contributed by atoms with E-state index in [0.717, 1.165) is 18.9 Å². The fourth-order valence-electron chi connectivity index (χ4n) is 2.63. The van der Waals surface area contributed by atoms with Crippen LogP contribution in [0.5, 0.6) is 0 Å². The molecule has 0 amide bonds. The van der Waals surface area contributed by atoms with Crippen molar-refractivity contribution in [1.29, 1.82) is 0 Å². The van der Waals surface area contributed by atoms with Gasteiger partial charge in [0.25, 0.3) is 0 Å². The van der Waals surface area contributed by atoms with Crippen molar-refractivity contribution in [3.8, 4) is 0 Å². The monoisotopic (exact) mass is 281 g/mol. The summed E-state index contributed by atoms with van der Waals surface area (Å²) in [5, 5.41) is 3.54. The van der Waals surface area contributed by atoms with E-state index in [2.05, 4.69) is 36.0 Å². The minimum atomic E-state index is 0.779. The Bertz CT molecular complexity index is 367. The first-order chi connectivity index (χ1) is 9.17. The van der Waals surface area contributed by atoms with Crippen molar-refractivity contribution >= 4 is 11.3 Å². The summed E-state index contributed by atoms with van der Waals surface area (Å²) in [5.74, 6) is 0.779. The Morgan fingerprint density at radius 2 is 1.89 bits per heavy atom. The number of rotatable bonds is 6. The highest BCUT2D eigenvalue weighted by molar-refractivity contribution is 7.09. The molecule has 1 aliphatic rings. The van der Waals surface area contributed by atoms with Gasteiger partial charge in [-0.1, -0.05) is 20.8 Å². The summed E-state index contributed by atoms with van der Waals surface area (Å²) in [6.07, 6.45) is 2.33. The maximum Gasteiger partial charge on any atom is 0.0928 e. The molecule has 1 aromatic rings. The highest BCUT2D eigenvalue weighted by atomic mass is 32.1. The molecule has 0 atom stereocenters. The van der Waals surface area contributed by atoms with Crippen molar-refractivity contribution in [2.45, 2.75) is 40.2 Å². The van der Waals surface area contributed by atoms with Crippen LogP contribution in [0.1, 0.15) is 37.9 Å². The standard InChI is InChI=1S/C15H27N3S/c1-4-5-15-16-14(12-19-15)11-18-8-6-17(7-9-18)10-13(2)3/h12-13H,4-11H2,1-3H3. The minimum absolute atomic E-state index is 0.779. The number of piperazine rings is 1. The van der Waals surface area contributed by atoms with Gasteiger partial charge in [0.05, 0.1) is 10.7 Å². The molecule has 1 aromatic heterocycles. The summed E-state index contributed by atoms with van der Waals surface area (Å²) in [6, 6.07) is 0. The van der Waals surface area contributed by atoms with E-state index in [0.29, 0.717) is 0 Å². The Morgan fingerprint density at radius 3 is 2.53 bits per heavy atom. The lowest BCUT2D eigenvalue weighted by Gasteiger charge is -2.35. The summed E-state index contributed by atoms with van der Waals surface area (Å²) in [7, 11) is 0. The summed E-state index contributed by atoms with van der Waals surface area (Å²) in [4.78, 5) is 9.86. The van der Waals surface area contributed by atoms with Gasteiger partial charge in [0.15, 0.2) is 0 Å². The highest BCUT2D eigenvalue weighted by Crippen LogP contribution is 2.15. The molecule has 3 nitrogen and oxygen atoms in total. The van der Waals surface area contributed by atoms with E-state index < -0.39 is 0 Å². The van der Waals surface area contributed by atoms with Crippen molar-refractivity contribution in [2.24, 2.45) is 5.92 Å². The lowest BCUT2D eigenvalue weighted by atomic mass is 10.2. The molecule has 0 saturated carbocycles. The van der Waals surface area contributed by atoms with Gasteiger partial charge in [-0.3, -0.25) is 4.90 Å². The zero-order chi connectivity index (χ0) is 13.7. The fourth-order valence-corrected chi connectivity index (χ4v) is 3.52. The molecule has 19 heavy (non-hydrogen) atoms. The van der Waals surface area contributed by atoms with Crippen molar-refractivity contribution in [2.75, 3.05) is 32.7 Å². The number of thiazole rings is 1. The number of aromatic nitrogens is 1. The van der Waals surface area contributed by atoms with Gasteiger partial charge in [0.1, 0.15) is 0 Å². The SMILES string of the molecule is CCCc1nc(CN2CCN(CC(C)C)CC2)cs1. The molecule has 1 fully saturated rings. The van der Waals surface area contributed by atoms with Gasteiger partial charge < -0.3 is 4.90 Å². The molecular formula is C15H27N3S. The van der Waals surface area contributed by atoms with Crippen molar-refractivity contribution in [3.05, 3.63) is 16.1 Å². The van der Waals surface area contributed by atoms with Crippen molar-refractivity contribution in [1.82, 2.24) is 14.8 Å². The maximum absolute atomic E-state index is 4.72. The average molecular weight is 281 g/mol. The molecule has 0 unspecified atom stereocenters. The van der Waals surface area contributed by atoms with E-state index >= 15 is 0 Å². The van der Waals surface area contributed by atoms with E-state index in [1.165, 1.54) is 49.8 Å². The largest absolute Gasteiger partial charge is 0.301 e. The summed E-state index contributed by atoms with van der Waals surface area (Å²) in [6.45, 7) is 13.9. The summed E-state index contributed by atoms with van der Waals surface area (Å²) in [5.41, 5.74) is 1.27. The number of nitrogens with zero attached hydrogens (tertiary/aromatic N) is 3. The average Bonchev–Trinajstić information content (AvgIpc) is 2.79. The molecule has 2 heterocycles. The summed E-state index contributed by atoms with van der Waals surface area (Å²) < 4.78 is 0. The van der Waals surface area contributed by atoms with Crippen LogP contribution in [0.15, 0.2) is 5.38 Å². The fraction of sp³-hybridized carbons (Fsp3) is 0.800. The molecule has 4 heteroatoms. The van der Waals surface area contributed by atoms with Gasteiger partial charge in [-0.05, 0) is 18.8 Å². The Hall–Kier alpha value is -0.450. The van der Waals surface area contributed by atoms with Gasteiger partial charge in [-0.15, -0.1) is 11.3 Å². The van der Waals surface area contributed by atoms with Gasteiger partial charge in [-0.25, -0.2) is 4.98 Å². The Kier molecular flexibility index (Phi) is 5.79. The molecule has 0 spiro atoms. The molecule has 1 saturated heterocycles. The van der Waals surface area contributed by atoms with Crippen LogP contribution >= 0.6 is 11.3 Å². The van der Waals surface area contributed by atoms with Crippen LogP contribution < -0.4 is 0 Å². The topological polar surface area (TPSA) is 19.4 Å². The second-order valence-corrected chi connectivity index (χ2v) is 6.90. The normalized spacial score (nSPS) is 18.3. The highest BCUT2D eigenvalue weighted by Gasteiger charge is 2.18. The second-order valence-electron chi connectivity index (χ2n) is 5.95. The van der Waals surface area contributed by atoms with E-state index in [-0.39, 0.29) is 0 Å². The molecule has 0 N–H and O–H groups in total. The first kappa shape index (κ1) is 14.9.